The summed E-state index contributed by atoms with van der Waals surface area (Å²) in [6.07, 6.45) is 3.74. The lowest BCUT2D eigenvalue weighted by Gasteiger charge is -1.99. The van der Waals surface area contributed by atoms with Crippen LogP contribution in [0.1, 0.15) is 5.56 Å². The summed E-state index contributed by atoms with van der Waals surface area (Å²) >= 11 is 1.67. The fourth-order valence-corrected chi connectivity index (χ4v) is 3.10. The summed E-state index contributed by atoms with van der Waals surface area (Å²) in [7, 11) is -3.74. The molecule has 8 heteroatoms. The Labute approximate surface area is 139 Å². The highest BCUT2D eigenvalue weighted by Gasteiger charge is 2.13. The highest BCUT2D eigenvalue weighted by atomic mass is 32.2. The van der Waals surface area contributed by atoms with Crippen molar-refractivity contribution in [3.8, 4) is 0 Å². The first-order valence-corrected chi connectivity index (χ1v) is 9.30. The zero-order valence-electron chi connectivity index (χ0n) is 12.4. The minimum Gasteiger partial charge on any atom is -0.290 e. The second-order valence-corrected chi connectivity index (χ2v) is 7.15. The second kappa shape index (κ2) is 7.30. The van der Waals surface area contributed by atoms with Crippen LogP contribution in [0.25, 0.3) is 0 Å². The molecule has 120 valence electrons. The topological polar surface area (TPSA) is 113 Å². The van der Waals surface area contributed by atoms with Gasteiger partial charge in [0, 0.05) is 11.1 Å². The molecular weight excluding hydrogens is 332 g/mol. The number of rotatable bonds is 5. The van der Waals surface area contributed by atoms with Crippen LogP contribution >= 0.6 is 11.8 Å². The van der Waals surface area contributed by atoms with Crippen molar-refractivity contribution < 1.29 is 12.8 Å². The molecule has 0 saturated carbocycles. The Morgan fingerprint density at radius 2 is 1.70 bits per heavy atom. The van der Waals surface area contributed by atoms with Crippen LogP contribution < -0.4 is 15.9 Å². The number of nitrogens with two attached hydrogens (primary N) is 2. The Morgan fingerprint density at radius 3 is 2.22 bits per heavy atom. The second-order valence-electron chi connectivity index (χ2n) is 4.59. The van der Waals surface area contributed by atoms with Gasteiger partial charge in [0.2, 0.25) is 0 Å². The molecule has 0 radical (unpaired) electrons. The summed E-state index contributed by atoms with van der Waals surface area (Å²) in [4.78, 5) is 5.56. The van der Waals surface area contributed by atoms with E-state index in [1.807, 2.05) is 34.9 Å². The number of thioether (sulfide) groups is 1. The summed E-state index contributed by atoms with van der Waals surface area (Å²) in [5.41, 5.74) is 11.9. The SMILES string of the molecule is CSc1ccc(C=Nc2ccc(S(=O)(=O)[NH+]=C(N)N)cc2)cc1. The van der Waals surface area contributed by atoms with Gasteiger partial charge >= 0.3 is 16.0 Å². The minimum absolute atomic E-state index is 0.0640. The van der Waals surface area contributed by atoms with E-state index in [-0.39, 0.29) is 10.9 Å². The number of benzene rings is 2. The van der Waals surface area contributed by atoms with Gasteiger partial charge in [0.25, 0.3) is 0 Å². The molecule has 6 nitrogen and oxygen atoms in total. The first kappa shape index (κ1) is 17.0. The number of hydrogen-bond acceptors (Lipinski definition) is 4. The lowest BCUT2D eigenvalue weighted by molar-refractivity contribution is -0.270. The predicted molar refractivity (Wildman–Crippen MR) is 93.4 cm³/mol. The summed E-state index contributed by atoms with van der Waals surface area (Å²) in [5, 5.41) is 0. The van der Waals surface area contributed by atoms with Crippen molar-refractivity contribution in [3.63, 3.8) is 0 Å². The zero-order valence-corrected chi connectivity index (χ0v) is 14.1. The fraction of sp³-hybridized carbons (Fsp3) is 0.0667. The summed E-state index contributed by atoms with van der Waals surface area (Å²) < 4.78 is 25.8. The van der Waals surface area contributed by atoms with E-state index in [2.05, 4.69) is 4.99 Å². The maximum absolute atomic E-state index is 11.9. The number of sulfonamides is 1. The highest BCUT2D eigenvalue weighted by Crippen LogP contribution is 2.17. The van der Waals surface area contributed by atoms with Gasteiger partial charge in [0.1, 0.15) is 4.90 Å². The molecule has 0 aliphatic carbocycles. The molecule has 0 heterocycles. The molecular formula is C15H17N4O2S2+. The van der Waals surface area contributed by atoms with Crippen molar-refractivity contribution >= 4 is 39.6 Å². The molecule has 0 aliphatic rings. The third-order valence-electron chi connectivity index (χ3n) is 2.88. The Morgan fingerprint density at radius 1 is 1.09 bits per heavy atom. The molecule has 0 saturated heterocycles. The van der Waals surface area contributed by atoms with Crippen LogP contribution in [0.3, 0.4) is 0 Å². The van der Waals surface area contributed by atoms with Gasteiger partial charge in [-0.15, -0.1) is 11.8 Å². The molecule has 0 bridgehead atoms. The molecule has 0 aliphatic heterocycles. The van der Waals surface area contributed by atoms with Crippen LogP contribution in [-0.2, 0) is 10.0 Å². The largest absolute Gasteiger partial charge is 0.353 e. The van der Waals surface area contributed by atoms with E-state index in [4.69, 9.17) is 11.5 Å². The average Bonchev–Trinajstić information content (AvgIpc) is 2.52. The zero-order chi connectivity index (χ0) is 16.9. The van der Waals surface area contributed by atoms with E-state index in [9.17, 15) is 8.42 Å². The highest BCUT2D eigenvalue weighted by molar-refractivity contribution is 7.98. The average molecular weight is 349 g/mol. The van der Waals surface area contributed by atoms with Crippen LogP contribution in [0, 0.1) is 0 Å². The van der Waals surface area contributed by atoms with Crippen molar-refractivity contribution in [2.45, 2.75) is 9.79 Å². The minimum atomic E-state index is -3.74. The van der Waals surface area contributed by atoms with E-state index in [1.54, 1.807) is 30.1 Å². The lowest BCUT2D eigenvalue weighted by atomic mass is 10.2. The van der Waals surface area contributed by atoms with Gasteiger partial charge < -0.3 is 0 Å². The van der Waals surface area contributed by atoms with Gasteiger partial charge in [0.05, 0.1) is 5.69 Å². The third kappa shape index (κ3) is 4.83. The van der Waals surface area contributed by atoms with E-state index in [1.165, 1.54) is 17.0 Å². The molecule has 0 spiro atoms. The predicted octanol–water partition coefficient (Wildman–Crippen LogP) is 0.202. The number of nitrogens with zero attached hydrogens (tertiary/aromatic N) is 1. The molecule has 23 heavy (non-hydrogen) atoms. The molecule has 2 aromatic carbocycles. The Hall–Kier alpha value is -2.32. The number of nitrogens with one attached hydrogen (secondary N) is 1. The number of guanidine groups is 1. The normalized spacial score (nSPS) is 11.5. The third-order valence-corrected chi connectivity index (χ3v) is 5.02. The summed E-state index contributed by atoms with van der Waals surface area (Å²) in [5.74, 6) is -0.374. The van der Waals surface area contributed by atoms with E-state index in [0.29, 0.717) is 5.69 Å². The van der Waals surface area contributed by atoms with Crippen LogP contribution in [0.4, 0.5) is 5.69 Å². The number of hydrogen-bond donors (Lipinski definition) is 3. The van der Waals surface area contributed by atoms with Crippen LogP contribution in [0.15, 0.2) is 63.3 Å². The quantitative estimate of drug-likeness (QED) is 0.405. The van der Waals surface area contributed by atoms with Crippen molar-refractivity contribution in [2.24, 2.45) is 16.5 Å². The van der Waals surface area contributed by atoms with Gasteiger partial charge in [-0.3, -0.25) is 16.5 Å². The van der Waals surface area contributed by atoms with Gasteiger partial charge in [-0.1, -0.05) is 12.1 Å². The maximum Gasteiger partial charge on any atom is 0.353 e. The van der Waals surface area contributed by atoms with Gasteiger partial charge in [-0.05, 0) is 48.2 Å². The van der Waals surface area contributed by atoms with Crippen molar-refractivity contribution in [3.05, 3.63) is 54.1 Å². The van der Waals surface area contributed by atoms with Crippen LogP contribution in [0.2, 0.25) is 0 Å². The molecule has 0 atom stereocenters. The van der Waals surface area contributed by atoms with E-state index in [0.717, 1.165) is 5.56 Å². The monoisotopic (exact) mass is 349 g/mol. The van der Waals surface area contributed by atoms with Gasteiger partial charge in [-0.2, -0.15) is 12.8 Å². The van der Waals surface area contributed by atoms with Crippen LogP contribution in [-0.4, -0.2) is 26.8 Å². The molecule has 2 rings (SSSR count). The first-order valence-electron chi connectivity index (χ1n) is 6.59. The molecule has 0 unspecified atom stereocenters. The van der Waals surface area contributed by atoms with E-state index >= 15 is 0 Å². The molecule has 5 N–H and O–H groups in total. The molecule has 2 aromatic rings. The standard InChI is InChI=1S/C15H16N4O2S2/c1-22-13-6-2-11(3-7-13)10-18-12-4-8-14(9-5-12)23(20,21)19-15(16)17/h2-10H,1H3,(H4,16,17,19)/p+1. The van der Waals surface area contributed by atoms with Gasteiger partial charge in [-0.25, -0.2) is 0 Å². The Kier molecular flexibility index (Phi) is 5.41. The maximum atomic E-state index is 11.9. The summed E-state index contributed by atoms with van der Waals surface area (Å²) in [6.45, 7) is 0. The van der Waals surface area contributed by atoms with Crippen LogP contribution in [0.5, 0.6) is 0 Å². The first-order chi connectivity index (χ1) is 10.9. The van der Waals surface area contributed by atoms with Crippen molar-refractivity contribution in [1.82, 2.24) is 0 Å². The molecule has 0 fully saturated rings. The van der Waals surface area contributed by atoms with Crippen molar-refractivity contribution in [1.29, 1.82) is 0 Å². The molecule has 0 amide bonds. The fourth-order valence-electron chi connectivity index (χ4n) is 1.76. The summed E-state index contributed by atoms with van der Waals surface area (Å²) in [6, 6.07) is 14.1. The van der Waals surface area contributed by atoms with E-state index < -0.39 is 10.0 Å². The van der Waals surface area contributed by atoms with Crippen molar-refractivity contribution in [2.75, 3.05) is 6.26 Å². The molecule has 0 aromatic heterocycles. The van der Waals surface area contributed by atoms with Gasteiger partial charge in [0.15, 0.2) is 0 Å². The lowest BCUT2D eigenvalue weighted by Crippen LogP contribution is -2.80. The number of aliphatic imine (C=N–C) groups is 1. The smallest absolute Gasteiger partial charge is 0.290 e. The Balaban J connectivity index is 2.16. The Bertz CT molecular complexity index is 823.